The maximum Gasteiger partial charge on any atom is 0.343 e. The molecule has 0 spiro atoms. The number of rotatable bonds is 7. The van der Waals surface area contributed by atoms with E-state index in [2.05, 4.69) is 0 Å². The van der Waals surface area contributed by atoms with Crippen LogP contribution in [0.3, 0.4) is 0 Å². The molecule has 30 heavy (non-hydrogen) atoms. The zero-order valence-corrected chi connectivity index (χ0v) is 16.2. The van der Waals surface area contributed by atoms with Gasteiger partial charge < -0.3 is 33.5 Å². The SMILES string of the molecule is COc1ccc(Oc2cccc(Oc3ccc4c(c3)OCO4)c2C(=O)O)cc1OC. The van der Waals surface area contributed by atoms with Crippen LogP contribution in [0.25, 0.3) is 0 Å². The summed E-state index contributed by atoms with van der Waals surface area (Å²) in [4.78, 5) is 12.0. The van der Waals surface area contributed by atoms with Crippen LogP contribution < -0.4 is 28.4 Å². The van der Waals surface area contributed by atoms with E-state index >= 15 is 0 Å². The molecule has 0 amide bonds. The van der Waals surface area contributed by atoms with E-state index in [0.717, 1.165) is 0 Å². The van der Waals surface area contributed by atoms with Gasteiger partial charge in [-0.05, 0) is 36.4 Å². The number of methoxy groups -OCH3 is 2. The first-order valence-electron chi connectivity index (χ1n) is 8.92. The Labute approximate surface area is 172 Å². The van der Waals surface area contributed by atoms with Crippen molar-refractivity contribution in [3.05, 3.63) is 60.2 Å². The molecule has 0 saturated heterocycles. The van der Waals surface area contributed by atoms with Gasteiger partial charge in [-0.15, -0.1) is 0 Å². The number of fused-ring (bicyclic) bond motifs is 1. The second kappa shape index (κ2) is 8.12. The molecule has 1 aliphatic heterocycles. The lowest BCUT2D eigenvalue weighted by molar-refractivity contribution is 0.0691. The fraction of sp³-hybridized carbons (Fsp3) is 0.136. The number of carboxylic acid groups (broad SMARTS) is 1. The van der Waals surface area contributed by atoms with Crippen LogP contribution in [0.4, 0.5) is 0 Å². The van der Waals surface area contributed by atoms with E-state index in [1.54, 1.807) is 54.6 Å². The van der Waals surface area contributed by atoms with Crippen molar-refractivity contribution in [2.45, 2.75) is 0 Å². The van der Waals surface area contributed by atoms with E-state index in [0.29, 0.717) is 34.5 Å². The first-order valence-corrected chi connectivity index (χ1v) is 8.92. The molecule has 1 aliphatic rings. The number of ether oxygens (including phenoxy) is 6. The lowest BCUT2D eigenvalue weighted by atomic mass is 10.1. The van der Waals surface area contributed by atoms with E-state index in [9.17, 15) is 9.90 Å². The van der Waals surface area contributed by atoms with Crippen LogP contribution >= 0.6 is 0 Å². The number of benzene rings is 3. The molecule has 0 bridgehead atoms. The van der Waals surface area contributed by atoms with Gasteiger partial charge in [0.05, 0.1) is 14.2 Å². The van der Waals surface area contributed by atoms with Gasteiger partial charge in [-0.25, -0.2) is 4.79 Å². The molecule has 0 radical (unpaired) electrons. The maximum absolute atomic E-state index is 12.0. The summed E-state index contributed by atoms with van der Waals surface area (Å²) in [5, 5.41) is 9.79. The molecule has 3 aromatic carbocycles. The Bertz CT molecular complexity index is 1090. The highest BCUT2D eigenvalue weighted by molar-refractivity contribution is 5.94. The van der Waals surface area contributed by atoms with Crippen molar-refractivity contribution in [2.24, 2.45) is 0 Å². The summed E-state index contributed by atoms with van der Waals surface area (Å²) < 4.78 is 32.7. The minimum absolute atomic E-state index is 0.118. The zero-order valence-electron chi connectivity index (χ0n) is 16.2. The third kappa shape index (κ3) is 3.75. The van der Waals surface area contributed by atoms with Gasteiger partial charge in [0.2, 0.25) is 6.79 Å². The molecular weight excluding hydrogens is 392 g/mol. The van der Waals surface area contributed by atoms with Crippen molar-refractivity contribution in [2.75, 3.05) is 21.0 Å². The van der Waals surface area contributed by atoms with E-state index in [1.807, 2.05) is 0 Å². The highest BCUT2D eigenvalue weighted by Crippen LogP contribution is 2.40. The number of carboxylic acids is 1. The van der Waals surface area contributed by atoms with Gasteiger partial charge in [-0.2, -0.15) is 0 Å². The highest BCUT2D eigenvalue weighted by atomic mass is 16.7. The van der Waals surface area contributed by atoms with E-state index in [-0.39, 0.29) is 23.9 Å². The lowest BCUT2D eigenvalue weighted by Gasteiger charge is -2.15. The summed E-state index contributed by atoms with van der Waals surface area (Å²) in [6, 6.07) is 14.7. The summed E-state index contributed by atoms with van der Waals surface area (Å²) in [7, 11) is 3.03. The fourth-order valence-corrected chi connectivity index (χ4v) is 2.97. The highest BCUT2D eigenvalue weighted by Gasteiger charge is 2.21. The Morgan fingerprint density at radius 3 is 2.10 bits per heavy atom. The molecule has 0 saturated carbocycles. The maximum atomic E-state index is 12.0. The molecule has 8 nitrogen and oxygen atoms in total. The number of carbonyl (C=O) groups is 1. The molecule has 0 fully saturated rings. The number of hydrogen-bond donors (Lipinski definition) is 1. The quantitative estimate of drug-likeness (QED) is 0.598. The van der Waals surface area contributed by atoms with Crippen molar-refractivity contribution in [3.63, 3.8) is 0 Å². The van der Waals surface area contributed by atoms with Gasteiger partial charge >= 0.3 is 5.97 Å². The summed E-state index contributed by atoms with van der Waals surface area (Å²) in [6.45, 7) is 0.133. The third-order valence-electron chi connectivity index (χ3n) is 4.36. The average molecular weight is 410 g/mol. The molecule has 1 N–H and O–H groups in total. The molecule has 0 aromatic heterocycles. The standard InChI is InChI=1S/C22H18O8/c1-25-15-8-6-13(10-19(15)26-2)29-17-4-3-5-18(21(17)22(23)24)30-14-7-9-16-20(11-14)28-12-27-16/h3-11H,12H2,1-2H3,(H,23,24). The van der Waals surface area contributed by atoms with Crippen molar-refractivity contribution < 1.29 is 38.3 Å². The van der Waals surface area contributed by atoms with Gasteiger partial charge in [0.25, 0.3) is 0 Å². The fourth-order valence-electron chi connectivity index (χ4n) is 2.97. The van der Waals surface area contributed by atoms with Gasteiger partial charge in [0.1, 0.15) is 28.6 Å². The van der Waals surface area contributed by atoms with Crippen LogP contribution in [0, 0.1) is 0 Å². The Hall–Kier alpha value is -4.07. The lowest BCUT2D eigenvalue weighted by Crippen LogP contribution is -2.03. The molecule has 1 heterocycles. The van der Waals surface area contributed by atoms with Crippen molar-refractivity contribution in [3.8, 4) is 46.0 Å². The predicted octanol–water partition coefficient (Wildman–Crippen LogP) is 4.72. The van der Waals surface area contributed by atoms with Gasteiger partial charge in [0.15, 0.2) is 23.0 Å². The van der Waals surface area contributed by atoms with Gasteiger partial charge in [-0.1, -0.05) is 6.07 Å². The predicted molar refractivity (Wildman–Crippen MR) is 106 cm³/mol. The van der Waals surface area contributed by atoms with E-state index in [1.165, 1.54) is 14.2 Å². The number of hydrogen-bond acceptors (Lipinski definition) is 7. The second-order valence-corrected chi connectivity index (χ2v) is 6.17. The molecule has 154 valence electrons. The normalized spacial score (nSPS) is 11.7. The van der Waals surface area contributed by atoms with Crippen LogP contribution in [-0.2, 0) is 0 Å². The largest absolute Gasteiger partial charge is 0.493 e. The first-order chi connectivity index (χ1) is 14.6. The third-order valence-corrected chi connectivity index (χ3v) is 4.36. The second-order valence-electron chi connectivity index (χ2n) is 6.17. The minimum Gasteiger partial charge on any atom is -0.493 e. The minimum atomic E-state index is -1.19. The molecule has 0 atom stereocenters. The van der Waals surface area contributed by atoms with Crippen molar-refractivity contribution >= 4 is 5.97 Å². The molecular formula is C22H18O8. The molecule has 0 aliphatic carbocycles. The first kappa shape index (κ1) is 19.3. The van der Waals surface area contributed by atoms with Crippen LogP contribution in [0.1, 0.15) is 10.4 Å². The Kier molecular flexibility index (Phi) is 5.21. The van der Waals surface area contributed by atoms with Gasteiger partial charge in [-0.3, -0.25) is 0 Å². The Morgan fingerprint density at radius 1 is 0.800 bits per heavy atom. The Morgan fingerprint density at radius 2 is 1.43 bits per heavy atom. The van der Waals surface area contributed by atoms with E-state index in [4.69, 9.17) is 28.4 Å². The summed E-state index contributed by atoms with van der Waals surface area (Å²) >= 11 is 0. The zero-order chi connectivity index (χ0) is 21.1. The topological polar surface area (TPSA) is 92.7 Å². The Balaban J connectivity index is 1.66. The van der Waals surface area contributed by atoms with Crippen molar-refractivity contribution in [1.29, 1.82) is 0 Å². The smallest absolute Gasteiger partial charge is 0.343 e. The molecule has 4 rings (SSSR count). The van der Waals surface area contributed by atoms with Gasteiger partial charge in [0, 0.05) is 12.1 Å². The monoisotopic (exact) mass is 410 g/mol. The van der Waals surface area contributed by atoms with Crippen LogP contribution in [0.2, 0.25) is 0 Å². The number of aromatic carboxylic acids is 1. The van der Waals surface area contributed by atoms with Crippen LogP contribution in [0.15, 0.2) is 54.6 Å². The van der Waals surface area contributed by atoms with E-state index < -0.39 is 5.97 Å². The molecule has 3 aromatic rings. The summed E-state index contributed by atoms with van der Waals surface area (Å²) in [5.74, 6) is 1.96. The van der Waals surface area contributed by atoms with Crippen molar-refractivity contribution in [1.82, 2.24) is 0 Å². The van der Waals surface area contributed by atoms with Crippen LogP contribution in [0.5, 0.6) is 46.0 Å². The summed E-state index contributed by atoms with van der Waals surface area (Å²) in [5.41, 5.74) is -0.120. The molecule has 8 heteroatoms. The van der Waals surface area contributed by atoms with Crippen LogP contribution in [-0.4, -0.2) is 32.1 Å². The molecule has 0 unspecified atom stereocenters. The summed E-state index contributed by atoms with van der Waals surface area (Å²) in [6.07, 6.45) is 0. The average Bonchev–Trinajstić information content (AvgIpc) is 3.21.